The van der Waals surface area contributed by atoms with Crippen LogP contribution in [0, 0.1) is 6.92 Å². The van der Waals surface area contributed by atoms with E-state index in [1.54, 1.807) is 19.2 Å². The van der Waals surface area contributed by atoms with E-state index in [0.29, 0.717) is 10.7 Å². The van der Waals surface area contributed by atoms with Gasteiger partial charge in [0, 0.05) is 16.8 Å². The Bertz CT molecular complexity index is 757. The second-order valence-corrected chi connectivity index (χ2v) is 7.88. The number of aromatic nitrogens is 1. The van der Waals surface area contributed by atoms with E-state index in [-0.39, 0.29) is 16.5 Å². The van der Waals surface area contributed by atoms with Crippen LogP contribution >= 0.6 is 22.9 Å². The van der Waals surface area contributed by atoms with Crippen molar-refractivity contribution in [2.75, 3.05) is 5.73 Å². The molecule has 0 fully saturated rings. The van der Waals surface area contributed by atoms with Gasteiger partial charge in [-0.3, -0.25) is 0 Å². The largest absolute Gasteiger partial charge is 0.398 e. The molecule has 1 heterocycles. The first-order valence-electron chi connectivity index (χ1n) is 6.32. The molecule has 1 aromatic carbocycles. The van der Waals surface area contributed by atoms with Gasteiger partial charge in [-0.2, -0.15) is 0 Å². The van der Waals surface area contributed by atoms with Gasteiger partial charge in [0.2, 0.25) is 10.0 Å². The van der Waals surface area contributed by atoms with E-state index >= 15 is 0 Å². The number of halogens is 1. The second-order valence-electron chi connectivity index (χ2n) is 4.54. The lowest BCUT2D eigenvalue weighted by atomic mass is 10.2. The lowest BCUT2D eigenvalue weighted by molar-refractivity contribution is 0.581. The summed E-state index contributed by atoms with van der Waals surface area (Å²) in [6.45, 7) is 3.93. The number of nitrogens with zero attached hydrogens (tertiary/aromatic N) is 1. The van der Waals surface area contributed by atoms with Gasteiger partial charge in [0.15, 0.2) is 0 Å². The predicted octanol–water partition coefficient (Wildman–Crippen LogP) is 2.73. The lowest BCUT2D eigenvalue weighted by Gasteiger charge is -2.09. The number of sulfonamides is 1. The molecular weight excluding hydrogens is 330 g/mol. The molecule has 0 bridgehead atoms. The molecule has 0 radical (unpaired) electrons. The van der Waals surface area contributed by atoms with Gasteiger partial charge in [-0.05, 0) is 31.0 Å². The average Bonchev–Trinajstić information content (AvgIpc) is 2.88. The number of benzene rings is 1. The molecule has 0 spiro atoms. The van der Waals surface area contributed by atoms with E-state index < -0.39 is 10.0 Å². The van der Waals surface area contributed by atoms with Gasteiger partial charge in [0.1, 0.15) is 9.90 Å². The highest BCUT2D eigenvalue weighted by Crippen LogP contribution is 2.27. The van der Waals surface area contributed by atoms with Gasteiger partial charge in [-0.15, -0.1) is 11.3 Å². The topological polar surface area (TPSA) is 85.1 Å². The summed E-state index contributed by atoms with van der Waals surface area (Å²) >= 11 is 7.49. The van der Waals surface area contributed by atoms with Crippen LogP contribution in [0.3, 0.4) is 0 Å². The van der Waals surface area contributed by atoms with E-state index in [2.05, 4.69) is 9.71 Å². The molecule has 2 aromatic rings. The third kappa shape index (κ3) is 3.74. The van der Waals surface area contributed by atoms with Gasteiger partial charge < -0.3 is 5.73 Å². The van der Waals surface area contributed by atoms with Gasteiger partial charge in [-0.1, -0.05) is 18.5 Å². The zero-order chi connectivity index (χ0) is 15.6. The van der Waals surface area contributed by atoms with Crippen molar-refractivity contribution in [3.63, 3.8) is 0 Å². The van der Waals surface area contributed by atoms with Crippen LogP contribution in [-0.4, -0.2) is 13.4 Å². The Balaban J connectivity index is 2.20. The molecule has 0 aliphatic carbocycles. The van der Waals surface area contributed by atoms with Crippen LogP contribution < -0.4 is 10.5 Å². The molecule has 21 heavy (non-hydrogen) atoms. The minimum absolute atomic E-state index is 0.0143. The van der Waals surface area contributed by atoms with Crippen LogP contribution in [0.4, 0.5) is 5.69 Å². The maximum absolute atomic E-state index is 12.3. The van der Waals surface area contributed by atoms with Crippen LogP contribution in [0.5, 0.6) is 0 Å². The zero-order valence-electron chi connectivity index (χ0n) is 11.7. The Morgan fingerprint density at radius 3 is 2.76 bits per heavy atom. The van der Waals surface area contributed by atoms with Crippen LogP contribution in [0.25, 0.3) is 0 Å². The quantitative estimate of drug-likeness (QED) is 0.816. The molecule has 0 amide bonds. The highest BCUT2D eigenvalue weighted by atomic mass is 35.5. The van der Waals surface area contributed by atoms with Crippen molar-refractivity contribution in [2.45, 2.75) is 31.7 Å². The third-order valence-electron chi connectivity index (χ3n) is 2.97. The first-order valence-corrected chi connectivity index (χ1v) is 9.00. The van der Waals surface area contributed by atoms with Crippen molar-refractivity contribution >= 4 is 38.6 Å². The molecule has 114 valence electrons. The number of hydrogen-bond acceptors (Lipinski definition) is 5. The number of thiazole rings is 1. The molecule has 5 nitrogen and oxygen atoms in total. The van der Waals surface area contributed by atoms with Gasteiger partial charge >= 0.3 is 0 Å². The molecule has 3 N–H and O–H groups in total. The van der Waals surface area contributed by atoms with Crippen molar-refractivity contribution in [1.29, 1.82) is 0 Å². The summed E-state index contributed by atoms with van der Waals surface area (Å²) in [5, 5.41) is 0.870. The number of nitrogen functional groups attached to an aromatic ring is 1. The number of rotatable bonds is 5. The Hall–Kier alpha value is -1.15. The fourth-order valence-electron chi connectivity index (χ4n) is 1.70. The van der Waals surface area contributed by atoms with Crippen molar-refractivity contribution in [2.24, 2.45) is 0 Å². The Morgan fingerprint density at radius 2 is 2.14 bits per heavy atom. The summed E-state index contributed by atoms with van der Waals surface area (Å²) in [5.41, 5.74) is 6.89. The van der Waals surface area contributed by atoms with Gasteiger partial charge in [0.05, 0.1) is 11.6 Å². The summed E-state index contributed by atoms with van der Waals surface area (Å²) in [5.74, 6) is 0. The Kier molecular flexibility index (Phi) is 4.88. The van der Waals surface area contributed by atoms with Crippen LogP contribution in [0.2, 0.25) is 5.02 Å². The van der Waals surface area contributed by atoms with Gasteiger partial charge in [0.25, 0.3) is 0 Å². The standard InChI is InChI=1S/C13H16ClN3O2S2/c1-3-9-6-16-13(20-9)7-17-21(18,19)12-5-11(15)8(2)4-10(12)14/h4-6,17H,3,7,15H2,1-2H3. The number of nitrogens with two attached hydrogens (primary N) is 1. The summed E-state index contributed by atoms with van der Waals surface area (Å²) in [7, 11) is -3.72. The van der Waals surface area contributed by atoms with E-state index in [1.807, 2.05) is 6.92 Å². The SMILES string of the molecule is CCc1cnc(CNS(=O)(=O)c2cc(N)c(C)cc2Cl)s1. The molecule has 0 aliphatic heterocycles. The molecule has 0 saturated heterocycles. The van der Waals surface area contributed by atoms with E-state index in [1.165, 1.54) is 17.4 Å². The van der Waals surface area contributed by atoms with Crippen molar-refractivity contribution < 1.29 is 8.42 Å². The summed E-state index contributed by atoms with van der Waals surface area (Å²) < 4.78 is 27.1. The van der Waals surface area contributed by atoms with Crippen LogP contribution in [0.1, 0.15) is 22.4 Å². The fraction of sp³-hybridized carbons (Fsp3) is 0.308. The van der Waals surface area contributed by atoms with E-state index in [0.717, 1.165) is 16.9 Å². The van der Waals surface area contributed by atoms with Crippen molar-refractivity contribution in [3.05, 3.63) is 38.8 Å². The number of aryl methyl sites for hydroxylation is 2. The molecule has 0 unspecified atom stereocenters. The Labute approximate surface area is 133 Å². The lowest BCUT2D eigenvalue weighted by Crippen LogP contribution is -2.23. The number of hydrogen-bond donors (Lipinski definition) is 2. The summed E-state index contributed by atoms with van der Waals surface area (Å²) in [4.78, 5) is 5.27. The second kappa shape index (κ2) is 6.31. The fourth-order valence-corrected chi connectivity index (χ4v) is 4.20. The minimum Gasteiger partial charge on any atom is -0.398 e. The Morgan fingerprint density at radius 1 is 1.43 bits per heavy atom. The first kappa shape index (κ1) is 16.2. The molecule has 0 saturated carbocycles. The molecule has 8 heteroatoms. The number of nitrogens with one attached hydrogen (secondary N) is 1. The maximum atomic E-state index is 12.3. The molecular formula is C13H16ClN3O2S2. The first-order chi connectivity index (χ1) is 9.83. The minimum atomic E-state index is -3.72. The maximum Gasteiger partial charge on any atom is 0.242 e. The van der Waals surface area contributed by atoms with Crippen LogP contribution in [0.15, 0.2) is 23.2 Å². The van der Waals surface area contributed by atoms with E-state index in [4.69, 9.17) is 17.3 Å². The zero-order valence-corrected chi connectivity index (χ0v) is 14.1. The number of anilines is 1. The predicted molar refractivity (Wildman–Crippen MR) is 86.1 cm³/mol. The average molecular weight is 346 g/mol. The normalized spacial score (nSPS) is 11.8. The molecule has 2 rings (SSSR count). The third-order valence-corrected chi connectivity index (χ3v) is 5.98. The van der Waals surface area contributed by atoms with Crippen molar-refractivity contribution in [1.82, 2.24) is 9.71 Å². The molecule has 0 aliphatic rings. The molecule has 1 aromatic heterocycles. The van der Waals surface area contributed by atoms with Crippen LogP contribution in [-0.2, 0) is 23.0 Å². The van der Waals surface area contributed by atoms with Gasteiger partial charge in [-0.25, -0.2) is 18.1 Å². The highest BCUT2D eigenvalue weighted by molar-refractivity contribution is 7.89. The molecule has 0 atom stereocenters. The van der Waals surface area contributed by atoms with E-state index in [9.17, 15) is 8.42 Å². The highest BCUT2D eigenvalue weighted by Gasteiger charge is 2.19. The summed E-state index contributed by atoms with van der Waals surface area (Å²) in [6, 6.07) is 2.92. The smallest absolute Gasteiger partial charge is 0.242 e. The summed E-state index contributed by atoms with van der Waals surface area (Å²) in [6.07, 6.45) is 2.63. The monoisotopic (exact) mass is 345 g/mol. The van der Waals surface area contributed by atoms with Crippen molar-refractivity contribution in [3.8, 4) is 0 Å².